The molecule has 2 aromatic rings. The number of rotatable bonds is 4. The van der Waals surface area contributed by atoms with Gasteiger partial charge in [-0.15, -0.1) is 11.3 Å². The number of amides is 1. The molecule has 94 valence electrons. The maximum atomic E-state index is 11.2. The fourth-order valence-electron chi connectivity index (χ4n) is 1.25. The van der Waals surface area contributed by atoms with E-state index in [9.17, 15) is 4.79 Å². The average Bonchev–Trinajstić information content (AvgIpc) is 2.84. The summed E-state index contributed by atoms with van der Waals surface area (Å²) >= 11 is 7.06. The van der Waals surface area contributed by atoms with Crippen LogP contribution in [0.25, 0.3) is 0 Å². The Hall–Kier alpha value is -1.63. The van der Waals surface area contributed by atoms with Crippen molar-refractivity contribution in [2.24, 2.45) is 5.84 Å². The quantitative estimate of drug-likeness (QED) is 0.511. The van der Waals surface area contributed by atoms with E-state index in [-0.39, 0.29) is 12.5 Å². The minimum atomic E-state index is -0.360. The smallest absolute Gasteiger partial charge is 0.276 e. The fourth-order valence-corrected chi connectivity index (χ4v) is 2.17. The third-order valence-electron chi connectivity index (χ3n) is 2.07. The van der Waals surface area contributed by atoms with Crippen molar-refractivity contribution in [2.45, 2.75) is 6.61 Å². The zero-order valence-electron chi connectivity index (χ0n) is 9.22. The zero-order chi connectivity index (χ0) is 13.0. The Morgan fingerprint density at radius 3 is 3.11 bits per heavy atom. The van der Waals surface area contributed by atoms with Gasteiger partial charge in [-0.3, -0.25) is 10.2 Å². The molecular formula is C11H10ClN3O2S. The predicted molar refractivity (Wildman–Crippen MR) is 69.6 cm³/mol. The average molecular weight is 284 g/mol. The molecule has 7 heteroatoms. The molecule has 0 unspecified atom stereocenters. The van der Waals surface area contributed by atoms with Gasteiger partial charge in [-0.2, -0.15) is 0 Å². The Morgan fingerprint density at radius 2 is 2.39 bits per heavy atom. The van der Waals surface area contributed by atoms with Crippen molar-refractivity contribution in [2.75, 3.05) is 0 Å². The Balaban J connectivity index is 1.98. The first-order valence-electron chi connectivity index (χ1n) is 5.03. The van der Waals surface area contributed by atoms with Crippen molar-refractivity contribution < 1.29 is 9.53 Å². The third-order valence-corrected chi connectivity index (χ3v) is 3.27. The van der Waals surface area contributed by atoms with Crippen LogP contribution in [0.2, 0.25) is 5.02 Å². The molecule has 0 radical (unpaired) electrons. The van der Waals surface area contributed by atoms with E-state index in [0.29, 0.717) is 20.7 Å². The molecular weight excluding hydrogens is 274 g/mol. The summed E-state index contributed by atoms with van der Waals surface area (Å²) < 4.78 is 5.50. The first-order valence-corrected chi connectivity index (χ1v) is 6.22. The zero-order valence-corrected chi connectivity index (χ0v) is 10.8. The van der Waals surface area contributed by atoms with Crippen molar-refractivity contribution in [3.63, 3.8) is 0 Å². The van der Waals surface area contributed by atoms with Gasteiger partial charge in [-0.1, -0.05) is 17.7 Å². The normalized spacial score (nSPS) is 10.1. The van der Waals surface area contributed by atoms with Gasteiger partial charge in [0, 0.05) is 5.02 Å². The topological polar surface area (TPSA) is 77.2 Å². The maximum Gasteiger partial charge on any atom is 0.276 e. The number of hydrazine groups is 1. The van der Waals surface area contributed by atoms with E-state index in [4.69, 9.17) is 22.2 Å². The van der Waals surface area contributed by atoms with Gasteiger partial charge in [-0.25, -0.2) is 10.8 Å². The Bertz CT molecular complexity index is 559. The molecule has 3 N–H and O–H groups in total. The van der Waals surface area contributed by atoms with E-state index in [1.807, 2.05) is 5.43 Å². The molecule has 0 bridgehead atoms. The van der Waals surface area contributed by atoms with Gasteiger partial charge in [0.05, 0.1) is 6.20 Å². The number of nitrogens with one attached hydrogen (secondary N) is 1. The number of hydrogen-bond acceptors (Lipinski definition) is 5. The van der Waals surface area contributed by atoms with Crippen LogP contribution in [0.15, 0.2) is 30.5 Å². The molecule has 1 amide bonds. The van der Waals surface area contributed by atoms with Gasteiger partial charge in [0.2, 0.25) is 0 Å². The van der Waals surface area contributed by atoms with Gasteiger partial charge >= 0.3 is 0 Å². The van der Waals surface area contributed by atoms with Crippen LogP contribution >= 0.6 is 22.9 Å². The Kier molecular flexibility index (Phi) is 4.14. The lowest BCUT2D eigenvalue weighted by Gasteiger charge is -2.03. The number of carbonyl (C=O) groups is 1. The molecule has 0 saturated carbocycles. The highest BCUT2D eigenvalue weighted by Crippen LogP contribution is 2.20. The molecule has 5 nitrogen and oxygen atoms in total. The van der Waals surface area contributed by atoms with Crippen molar-refractivity contribution >= 4 is 28.8 Å². The largest absolute Gasteiger partial charge is 0.486 e. The van der Waals surface area contributed by atoms with E-state index < -0.39 is 0 Å². The number of nitrogens with zero attached hydrogens (tertiary/aromatic N) is 1. The highest BCUT2D eigenvalue weighted by Gasteiger charge is 2.09. The molecule has 0 fully saturated rings. The van der Waals surface area contributed by atoms with Crippen LogP contribution in [0.5, 0.6) is 5.75 Å². The highest BCUT2D eigenvalue weighted by molar-refractivity contribution is 7.13. The second kappa shape index (κ2) is 5.81. The highest BCUT2D eigenvalue weighted by atomic mass is 35.5. The minimum Gasteiger partial charge on any atom is -0.486 e. The van der Waals surface area contributed by atoms with E-state index in [0.717, 1.165) is 0 Å². The van der Waals surface area contributed by atoms with E-state index in [1.54, 1.807) is 24.3 Å². The van der Waals surface area contributed by atoms with Crippen LogP contribution in [-0.2, 0) is 6.61 Å². The fraction of sp³-hybridized carbons (Fsp3) is 0.0909. The number of thiazole rings is 1. The van der Waals surface area contributed by atoms with Crippen molar-refractivity contribution in [3.8, 4) is 5.75 Å². The summed E-state index contributed by atoms with van der Waals surface area (Å²) in [5.74, 6) is 5.32. The van der Waals surface area contributed by atoms with Crippen LogP contribution in [0.3, 0.4) is 0 Å². The van der Waals surface area contributed by atoms with Gasteiger partial charge in [-0.05, 0) is 18.2 Å². The maximum absolute atomic E-state index is 11.2. The molecule has 1 heterocycles. The molecule has 0 aliphatic heterocycles. The van der Waals surface area contributed by atoms with Crippen LogP contribution in [0.4, 0.5) is 0 Å². The van der Waals surface area contributed by atoms with Gasteiger partial charge in [0.15, 0.2) is 0 Å². The van der Waals surface area contributed by atoms with Crippen molar-refractivity contribution in [1.82, 2.24) is 10.4 Å². The number of halogens is 1. The summed E-state index contributed by atoms with van der Waals surface area (Å²) in [5.41, 5.74) is 2.05. The molecule has 18 heavy (non-hydrogen) atoms. The van der Waals surface area contributed by atoms with Crippen LogP contribution < -0.4 is 16.0 Å². The number of nitrogens with two attached hydrogens (primary N) is 1. The third kappa shape index (κ3) is 3.19. The van der Waals surface area contributed by atoms with Crippen molar-refractivity contribution in [3.05, 3.63) is 45.4 Å². The summed E-state index contributed by atoms with van der Waals surface area (Å²) in [5, 5.41) is 1.29. The second-order valence-corrected chi connectivity index (χ2v) is 4.89. The second-order valence-electron chi connectivity index (χ2n) is 3.34. The number of carbonyl (C=O) groups excluding carboxylic acids is 1. The Labute approximate surface area is 113 Å². The minimum absolute atomic E-state index is 0.281. The summed E-state index contributed by atoms with van der Waals surface area (Å²) in [6.07, 6.45) is 1.46. The molecule has 0 saturated heterocycles. The molecule has 0 spiro atoms. The monoisotopic (exact) mass is 283 g/mol. The van der Waals surface area contributed by atoms with E-state index >= 15 is 0 Å². The first kappa shape index (κ1) is 12.8. The van der Waals surface area contributed by atoms with Gasteiger partial charge in [0.25, 0.3) is 5.91 Å². The lowest BCUT2D eigenvalue weighted by atomic mass is 10.3. The predicted octanol–water partition coefficient (Wildman–Crippen LogP) is 1.98. The van der Waals surface area contributed by atoms with Crippen molar-refractivity contribution in [1.29, 1.82) is 0 Å². The van der Waals surface area contributed by atoms with Crippen LogP contribution in [0.1, 0.15) is 14.7 Å². The number of nitrogen functional groups attached to an aromatic ring is 1. The summed E-state index contributed by atoms with van der Waals surface area (Å²) in [4.78, 5) is 15.7. The van der Waals surface area contributed by atoms with Crippen LogP contribution in [0, 0.1) is 0 Å². The summed E-state index contributed by atoms with van der Waals surface area (Å²) in [6.45, 7) is 0.281. The summed E-state index contributed by atoms with van der Waals surface area (Å²) in [6, 6.07) is 7.07. The molecule has 0 aliphatic rings. The molecule has 2 rings (SSSR count). The van der Waals surface area contributed by atoms with E-state index in [2.05, 4.69) is 4.98 Å². The number of benzene rings is 1. The first-order chi connectivity index (χ1) is 8.69. The standard InChI is InChI=1S/C11H10ClN3O2S/c12-7-2-1-3-8(4-7)17-6-10-14-5-9(18-10)11(16)15-13/h1-5H,6,13H2,(H,15,16). The SMILES string of the molecule is NNC(=O)c1cnc(COc2cccc(Cl)c2)s1. The van der Waals surface area contributed by atoms with Gasteiger partial charge in [0.1, 0.15) is 22.2 Å². The summed E-state index contributed by atoms with van der Waals surface area (Å²) in [7, 11) is 0. The molecule has 1 aromatic heterocycles. The van der Waals surface area contributed by atoms with Crippen LogP contribution in [-0.4, -0.2) is 10.9 Å². The molecule has 1 aromatic carbocycles. The lowest BCUT2D eigenvalue weighted by molar-refractivity contribution is 0.0957. The molecule has 0 atom stereocenters. The van der Waals surface area contributed by atoms with E-state index in [1.165, 1.54) is 17.5 Å². The number of ether oxygens (including phenoxy) is 1. The number of aromatic nitrogens is 1. The molecule has 0 aliphatic carbocycles. The Morgan fingerprint density at radius 1 is 1.56 bits per heavy atom. The van der Waals surface area contributed by atoms with Gasteiger partial charge < -0.3 is 4.74 Å². The lowest BCUT2D eigenvalue weighted by Crippen LogP contribution is -2.29. The number of hydrogen-bond donors (Lipinski definition) is 2.